The maximum atomic E-state index is 14.5. The van der Waals surface area contributed by atoms with E-state index >= 15 is 0 Å². The van der Waals surface area contributed by atoms with Gasteiger partial charge in [-0.05, 0) is 35.9 Å². The van der Waals surface area contributed by atoms with Crippen LogP contribution in [0.4, 0.5) is 17.6 Å². The first-order valence-electron chi connectivity index (χ1n) is 11.2. The van der Waals surface area contributed by atoms with Crippen LogP contribution in [0.2, 0.25) is 0 Å². The molecule has 1 amide bonds. The Morgan fingerprint density at radius 3 is 2.19 bits per heavy atom. The van der Waals surface area contributed by atoms with Crippen molar-refractivity contribution in [3.05, 3.63) is 119 Å². The number of furan rings is 1. The fraction of sp³-hybridized carbons (Fsp3) is 0.143. The van der Waals surface area contributed by atoms with E-state index in [2.05, 4.69) is 0 Å². The number of carbonyl (C=O) groups is 2. The molecule has 190 valence electrons. The van der Waals surface area contributed by atoms with E-state index in [-0.39, 0.29) is 29.1 Å². The van der Waals surface area contributed by atoms with Crippen molar-refractivity contribution in [2.45, 2.75) is 25.2 Å². The Morgan fingerprint density at radius 1 is 0.865 bits per heavy atom. The average Bonchev–Trinajstić information content (AvgIpc) is 3.34. The van der Waals surface area contributed by atoms with Crippen molar-refractivity contribution in [1.29, 1.82) is 0 Å². The maximum absolute atomic E-state index is 14.5. The largest absolute Gasteiger partial charge is 0.480 e. The van der Waals surface area contributed by atoms with Gasteiger partial charge in [-0.1, -0.05) is 60.7 Å². The third-order valence-corrected chi connectivity index (χ3v) is 5.78. The smallest absolute Gasteiger partial charge is 0.417 e. The van der Waals surface area contributed by atoms with E-state index in [1.54, 1.807) is 30.3 Å². The van der Waals surface area contributed by atoms with Crippen molar-refractivity contribution in [2.75, 3.05) is 0 Å². The van der Waals surface area contributed by atoms with Gasteiger partial charge in [-0.2, -0.15) is 13.2 Å². The van der Waals surface area contributed by atoms with Crippen LogP contribution in [0.1, 0.15) is 27.2 Å². The summed E-state index contributed by atoms with van der Waals surface area (Å²) in [6, 6.07) is 19.9. The molecule has 4 aromatic rings. The molecule has 1 heterocycles. The lowest BCUT2D eigenvalue weighted by Crippen LogP contribution is -2.46. The van der Waals surface area contributed by atoms with Gasteiger partial charge in [0.2, 0.25) is 0 Å². The molecule has 0 unspecified atom stereocenters. The molecule has 0 fully saturated rings. The molecule has 0 radical (unpaired) electrons. The van der Waals surface area contributed by atoms with Gasteiger partial charge in [0.25, 0.3) is 5.91 Å². The van der Waals surface area contributed by atoms with Crippen LogP contribution in [0.5, 0.6) is 0 Å². The Labute approximate surface area is 209 Å². The zero-order valence-electron chi connectivity index (χ0n) is 19.3. The second kappa shape index (κ2) is 10.7. The number of hydrogen-bond acceptors (Lipinski definition) is 3. The Kier molecular flexibility index (Phi) is 7.42. The first-order valence-corrected chi connectivity index (χ1v) is 11.2. The summed E-state index contributed by atoms with van der Waals surface area (Å²) < 4.78 is 60.6. The molecule has 1 atom stereocenters. The van der Waals surface area contributed by atoms with Crippen molar-refractivity contribution < 1.29 is 36.7 Å². The van der Waals surface area contributed by atoms with Gasteiger partial charge in [-0.25, -0.2) is 9.18 Å². The molecule has 5 nitrogen and oxygen atoms in total. The molecule has 0 bridgehead atoms. The molecule has 1 aromatic heterocycles. The van der Waals surface area contributed by atoms with Gasteiger partial charge in [-0.15, -0.1) is 0 Å². The van der Waals surface area contributed by atoms with Gasteiger partial charge in [0.15, 0.2) is 0 Å². The summed E-state index contributed by atoms with van der Waals surface area (Å²) >= 11 is 0. The van der Waals surface area contributed by atoms with Gasteiger partial charge in [-0.3, -0.25) is 4.79 Å². The van der Waals surface area contributed by atoms with E-state index < -0.39 is 42.0 Å². The summed E-state index contributed by atoms with van der Waals surface area (Å²) in [5.41, 5.74) is -0.813. The van der Waals surface area contributed by atoms with E-state index in [1.165, 1.54) is 48.5 Å². The second-order valence-electron chi connectivity index (χ2n) is 8.27. The molecule has 3 aromatic carbocycles. The minimum atomic E-state index is -4.62. The molecule has 0 saturated carbocycles. The van der Waals surface area contributed by atoms with Crippen LogP contribution < -0.4 is 0 Å². The number of nitrogens with zero attached hydrogens (tertiary/aromatic N) is 1. The van der Waals surface area contributed by atoms with Gasteiger partial charge in [0.05, 0.1) is 17.7 Å². The summed E-state index contributed by atoms with van der Waals surface area (Å²) in [7, 11) is 0. The lowest BCUT2D eigenvalue weighted by Gasteiger charge is -2.28. The Morgan fingerprint density at radius 2 is 1.51 bits per heavy atom. The quantitative estimate of drug-likeness (QED) is 0.276. The van der Waals surface area contributed by atoms with Crippen LogP contribution in [0.3, 0.4) is 0 Å². The minimum absolute atomic E-state index is 0.0379. The standard InChI is InChI=1S/C28H21F4NO4/c29-23-13-7-5-11-21(23)26(34)33(24(27(35)36)16-18-8-2-1-3-9-18)17-19-14-15-25(37-19)20-10-4-6-12-22(20)28(30,31)32/h1-15,24H,16-17H2,(H,35,36)/t24-/m0/s1. The van der Waals surface area contributed by atoms with Crippen molar-refractivity contribution >= 4 is 11.9 Å². The summed E-state index contributed by atoms with van der Waals surface area (Å²) in [4.78, 5) is 26.6. The Hall–Kier alpha value is -4.40. The zero-order chi connectivity index (χ0) is 26.6. The molecule has 9 heteroatoms. The van der Waals surface area contributed by atoms with Crippen molar-refractivity contribution in [2.24, 2.45) is 0 Å². The van der Waals surface area contributed by atoms with Gasteiger partial charge in [0.1, 0.15) is 23.4 Å². The number of carbonyl (C=O) groups excluding carboxylic acids is 1. The molecule has 1 N–H and O–H groups in total. The van der Waals surface area contributed by atoms with Gasteiger partial charge < -0.3 is 14.4 Å². The molecule has 0 saturated heterocycles. The monoisotopic (exact) mass is 511 g/mol. The van der Waals surface area contributed by atoms with Crippen LogP contribution in [-0.4, -0.2) is 27.9 Å². The number of carboxylic acids is 1. The number of amides is 1. The lowest BCUT2D eigenvalue weighted by molar-refractivity contribution is -0.142. The molecule has 37 heavy (non-hydrogen) atoms. The number of rotatable bonds is 8. The number of halogens is 4. The van der Waals surface area contributed by atoms with Gasteiger partial charge >= 0.3 is 12.1 Å². The van der Waals surface area contributed by atoms with E-state index in [1.807, 2.05) is 0 Å². The van der Waals surface area contributed by atoms with Crippen LogP contribution in [0.25, 0.3) is 11.3 Å². The topological polar surface area (TPSA) is 70.8 Å². The highest BCUT2D eigenvalue weighted by molar-refractivity contribution is 5.97. The molecular formula is C28H21F4NO4. The fourth-order valence-corrected chi connectivity index (χ4v) is 4.00. The highest BCUT2D eigenvalue weighted by Gasteiger charge is 2.35. The average molecular weight is 511 g/mol. The van der Waals surface area contributed by atoms with Crippen molar-refractivity contribution in [1.82, 2.24) is 4.90 Å². The highest BCUT2D eigenvalue weighted by Crippen LogP contribution is 2.37. The van der Waals surface area contributed by atoms with Crippen LogP contribution in [0.15, 0.2) is 95.4 Å². The normalized spacial score (nSPS) is 12.2. The maximum Gasteiger partial charge on any atom is 0.417 e. The van der Waals surface area contributed by atoms with Crippen LogP contribution >= 0.6 is 0 Å². The molecule has 0 aliphatic heterocycles. The minimum Gasteiger partial charge on any atom is -0.480 e. The van der Waals surface area contributed by atoms with E-state index in [0.717, 1.165) is 17.0 Å². The first kappa shape index (κ1) is 25.7. The van der Waals surface area contributed by atoms with E-state index in [9.17, 15) is 32.3 Å². The zero-order valence-corrected chi connectivity index (χ0v) is 19.3. The molecular weight excluding hydrogens is 490 g/mol. The lowest BCUT2D eigenvalue weighted by atomic mass is 10.0. The molecule has 0 spiro atoms. The summed E-state index contributed by atoms with van der Waals surface area (Å²) in [6.07, 6.45) is -4.71. The summed E-state index contributed by atoms with van der Waals surface area (Å²) in [6.45, 7) is -0.412. The Bertz CT molecular complexity index is 1400. The summed E-state index contributed by atoms with van der Waals surface area (Å²) in [5, 5.41) is 10.0. The number of hydrogen-bond donors (Lipinski definition) is 1. The number of aliphatic carboxylic acids is 1. The first-order chi connectivity index (χ1) is 17.6. The number of alkyl halides is 3. The van der Waals surface area contributed by atoms with Crippen molar-refractivity contribution in [3.63, 3.8) is 0 Å². The van der Waals surface area contributed by atoms with Crippen LogP contribution in [-0.2, 0) is 23.9 Å². The van der Waals surface area contributed by atoms with E-state index in [4.69, 9.17) is 4.42 Å². The SMILES string of the molecule is O=C(O)[C@H](Cc1ccccc1)N(Cc1ccc(-c2ccccc2C(F)(F)F)o1)C(=O)c1ccccc1F. The predicted molar refractivity (Wildman–Crippen MR) is 127 cm³/mol. The summed E-state index contributed by atoms with van der Waals surface area (Å²) in [5.74, 6) is -3.12. The van der Waals surface area contributed by atoms with Crippen LogP contribution in [0, 0.1) is 5.82 Å². The number of carboxylic acid groups (broad SMARTS) is 1. The Balaban J connectivity index is 1.72. The molecule has 0 aliphatic rings. The third-order valence-electron chi connectivity index (χ3n) is 5.78. The fourth-order valence-electron chi connectivity index (χ4n) is 4.00. The third kappa shape index (κ3) is 5.88. The second-order valence-corrected chi connectivity index (χ2v) is 8.27. The predicted octanol–water partition coefficient (Wildman–Crippen LogP) is 6.44. The van der Waals surface area contributed by atoms with E-state index in [0.29, 0.717) is 5.56 Å². The van der Waals surface area contributed by atoms with Crippen molar-refractivity contribution in [3.8, 4) is 11.3 Å². The molecule has 0 aliphatic carbocycles. The molecule has 4 rings (SSSR count). The highest BCUT2D eigenvalue weighted by atomic mass is 19.4. The van der Waals surface area contributed by atoms with Gasteiger partial charge in [0, 0.05) is 12.0 Å². The number of benzene rings is 3.